The van der Waals surface area contributed by atoms with Gasteiger partial charge in [0.1, 0.15) is 23.0 Å². The Morgan fingerprint density at radius 2 is 0.316 bits per heavy atom. The van der Waals surface area contributed by atoms with E-state index in [9.17, 15) is 34.5 Å². The number of halogens is 8. The van der Waals surface area contributed by atoms with Crippen LogP contribution in [0, 0.1) is 0 Å². The quantitative estimate of drug-likeness (QED) is 0.0495. The number of rotatable bonds is 12. The fourth-order valence-corrected chi connectivity index (χ4v) is 19.3. The number of benzene rings is 8. The molecule has 0 radical (unpaired) electrons. The van der Waals surface area contributed by atoms with Crippen LogP contribution in [0.3, 0.4) is 0 Å². The fourth-order valence-electron chi connectivity index (χ4n) is 6.40. The molecule has 21 heteroatoms. The normalized spacial score (nSPS) is 9.97. The van der Waals surface area contributed by atoms with E-state index in [0.29, 0.717) is 0 Å². The van der Waals surface area contributed by atoms with Crippen molar-refractivity contribution in [2.24, 2.45) is 0 Å². The van der Waals surface area contributed by atoms with Gasteiger partial charge in [0.05, 0.1) is 0 Å². The van der Waals surface area contributed by atoms with Gasteiger partial charge in [0, 0.05) is 75.0 Å². The summed E-state index contributed by atoms with van der Waals surface area (Å²) in [5, 5.41) is 11.7. The molecule has 0 N–H and O–H groups in total. The minimum atomic E-state index is -6.00. The van der Waals surface area contributed by atoms with E-state index < -0.39 is 46.2 Å². The molecule has 8 aromatic carbocycles. The molecule has 8 aromatic rings. The Morgan fingerprint density at radius 1 is 0.241 bits per heavy atom. The van der Waals surface area contributed by atoms with Gasteiger partial charge in [-0.05, 0) is 152 Å². The van der Waals surface area contributed by atoms with Gasteiger partial charge in [0.15, 0.2) is 0 Å². The molecule has 79 heavy (non-hydrogen) atoms. The van der Waals surface area contributed by atoms with Gasteiger partial charge < -0.3 is 34.5 Å². The van der Waals surface area contributed by atoms with Crippen LogP contribution in [-0.4, -0.2) is 49.3 Å². The first-order valence-corrected chi connectivity index (χ1v) is 33.3. The molecule has 8 rings (SSSR count). The molecule has 0 heterocycles. The zero-order chi connectivity index (χ0) is 56.5. The zero-order valence-electron chi connectivity index (χ0n) is 44.3. The van der Waals surface area contributed by atoms with E-state index in [1.807, 2.05) is 27.7 Å². The average molecular weight is 1780 g/mol. The van der Waals surface area contributed by atoms with Crippen molar-refractivity contribution in [3.05, 3.63) is 243 Å². The molecule has 0 amide bonds. The van der Waals surface area contributed by atoms with Crippen molar-refractivity contribution in [1.82, 2.24) is 0 Å². The molecule has 0 fully saturated rings. The minimum Gasteiger partial charge on any atom is -0.418 e. The molecule has 0 aromatic heterocycles. The van der Waals surface area contributed by atoms with Crippen LogP contribution in [-0.2, 0) is 114 Å². The standard InChI is InChI=1S/2C25H22P2.4C2H6S.2BF4.3Pt/c2*1-5-13-22(14-6-1)26(23-15-7-2-8-16-23)21-27(24-17-9-3-10-18-24)25-19-11-4-12-20-25;4*1-2-3;2*2-1(3,4)5;;;/h2*1-20H,21H2;4*3H,2H2,1H3;;;;;/q;;;;;;2*-1;;;/p+4. The van der Waals surface area contributed by atoms with Crippen LogP contribution in [0.5, 0.6) is 0 Å². The van der Waals surface area contributed by atoms with Gasteiger partial charge in [-0.25, -0.2) is 0 Å². The summed E-state index contributed by atoms with van der Waals surface area (Å²) in [6, 6.07) is 88.3. The molecule has 0 aliphatic carbocycles. The summed E-state index contributed by atoms with van der Waals surface area (Å²) in [6.07, 6.45) is 0. The van der Waals surface area contributed by atoms with Crippen molar-refractivity contribution < 1.29 is 97.7 Å². The predicted molar refractivity (Wildman–Crippen MR) is 349 cm³/mol. The second kappa shape index (κ2) is 51.0. The minimum absolute atomic E-state index is 0. The van der Waals surface area contributed by atoms with E-state index in [0.717, 1.165) is 23.0 Å². The van der Waals surface area contributed by atoms with Crippen LogP contribution in [0.1, 0.15) is 27.7 Å². The summed E-state index contributed by atoms with van der Waals surface area (Å²) in [5.41, 5.74) is 0. The van der Waals surface area contributed by atoms with Crippen LogP contribution in [0.25, 0.3) is 0 Å². The SMILES string of the molecule is CC[SH2+].CC[SH2+].CC[SH2+].CC[SH2+].F[B-](F)(F)F.F[B-](F)(F)F.[Pt].[Pt].[Pt].c1ccc(P(CP(c2ccccc2)c2ccccc2)c2ccccc2)cc1.c1ccc(P(CP(c2ccccc2)c2ccccc2)c2ccccc2)cc1. The van der Waals surface area contributed by atoms with Gasteiger partial charge in [0.25, 0.3) is 0 Å². The van der Waals surface area contributed by atoms with Crippen LogP contribution in [0.4, 0.5) is 34.5 Å². The fraction of sp³-hybridized carbons (Fsp3) is 0.172. The Labute approximate surface area is 536 Å². The number of hydrogen-bond acceptors (Lipinski definition) is 0. The first-order valence-electron chi connectivity index (χ1n) is 24.3. The third-order valence-electron chi connectivity index (χ3n) is 9.11. The summed E-state index contributed by atoms with van der Waals surface area (Å²) < 4.78 is 78.0. The van der Waals surface area contributed by atoms with Gasteiger partial charge in [-0.2, -0.15) is 0 Å². The molecule has 0 saturated heterocycles. The Balaban J connectivity index is -0.00000104. The maximum Gasteiger partial charge on any atom is 0.673 e. The van der Waals surface area contributed by atoms with Gasteiger partial charge in [0.2, 0.25) is 0 Å². The molecule has 0 unspecified atom stereocenters. The van der Waals surface area contributed by atoms with Crippen molar-refractivity contribution in [3.8, 4) is 0 Å². The van der Waals surface area contributed by atoms with Crippen molar-refractivity contribution >= 4 is 139 Å². The Hall–Kier alpha value is -1.49. The largest absolute Gasteiger partial charge is 0.673 e. The first kappa shape index (κ1) is 81.7. The van der Waals surface area contributed by atoms with Crippen LogP contribution < -0.4 is 42.4 Å². The molecular formula is C58H72B2F8P4Pt3S4+2. The van der Waals surface area contributed by atoms with Gasteiger partial charge in [-0.1, -0.05) is 243 Å². The monoisotopic (exact) mass is 1780 g/mol. The topological polar surface area (TPSA) is 0 Å². The van der Waals surface area contributed by atoms with E-state index >= 15 is 0 Å². The van der Waals surface area contributed by atoms with Gasteiger partial charge >= 0.3 is 14.5 Å². The summed E-state index contributed by atoms with van der Waals surface area (Å²) in [7, 11) is -13.6. The molecule has 0 nitrogen and oxygen atoms in total. The van der Waals surface area contributed by atoms with Gasteiger partial charge in [-0.3, -0.25) is 0 Å². The number of hydrogen-bond donors (Lipinski definition) is 0. The van der Waals surface area contributed by atoms with Crippen molar-refractivity contribution in [2.45, 2.75) is 27.7 Å². The summed E-state index contributed by atoms with van der Waals surface area (Å²) in [4.78, 5) is 0. The van der Waals surface area contributed by atoms with E-state index in [1.54, 1.807) is 0 Å². The molecule has 0 atom stereocenters. The maximum atomic E-state index is 9.75. The predicted octanol–water partition coefficient (Wildman–Crippen LogP) is 13.1. The Morgan fingerprint density at radius 3 is 0.392 bits per heavy atom. The summed E-state index contributed by atoms with van der Waals surface area (Å²) >= 11 is 12.7. The second-order valence-electron chi connectivity index (χ2n) is 15.1. The zero-order valence-corrected chi connectivity index (χ0v) is 58.6. The molecule has 0 aliphatic rings. The van der Waals surface area contributed by atoms with Crippen molar-refractivity contribution in [1.29, 1.82) is 0 Å². The van der Waals surface area contributed by atoms with Crippen LogP contribution in [0.15, 0.2) is 243 Å². The summed E-state index contributed by atoms with van der Waals surface area (Å²) in [5.74, 6) is 6.57. The third kappa shape index (κ3) is 40.4. The van der Waals surface area contributed by atoms with Crippen molar-refractivity contribution in [3.63, 3.8) is 0 Å². The van der Waals surface area contributed by atoms with Crippen LogP contribution in [0.2, 0.25) is 0 Å². The molecular weight excluding hydrogens is 1710 g/mol. The Kier molecular flexibility index (Phi) is 52.7. The molecule has 438 valence electrons. The smallest absolute Gasteiger partial charge is 0.418 e. The van der Waals surface area contributed by atoms with Crippen molar-refractivity contribution in [2.75, 3.05) is 34.8 Å². The second-order valence-corrected chi connectivity index (χ2v) is 27.7. The molecule has 0 saturated carbocycles. The molecule has 0 spiro atoms. The van der Waals surface area contributed by atoms with Gasteiger partial charge in [-0.15, -0.1) is 0 Å². The van der Waals surface area contributed by atoms with E-state index in [-0.39, 0.29) is 63.2 Å². The Bertz CT molecular complexity index is 2040. The maximum absolute atomic E-state index is 9.75. The summed E-state index contributed by atoms with van der Waals surface area (Å²) in [6.45, 7) is 8.15. The first-order chi connectivity index (χ1) is 36.5. The van der Waals surface area contributed by atoms with E-state index in [4.69, 9.17) is 0 Å². The average Bonchev–Trinajstić information content (AvgIpc) is 3.41. The van der Waals surface area contributed by atoms with Crippen LogP contribution >= 0.6 is 31.7 Å². The van der Waals surface area contributed by atoms with E-state index in [2.05, 4.69) is 293 Å². The third-order valence-corrected chi connectivity index (χ3v) is 21.0. The molecule has 0 aliphatic heterocycles. The van der Waals surface area contributed by atoms with E-state index in [1.165, 1.54) is 54.2 Å². The molecule has 0 bridgehead atoms.